The molecule has 5 heteroatoms. The molecular weight excluding hydrogens is 307 g/mol. The van der Waals surface area contributed by atoms with E-state index in [0.29, 0.717) is 21.4 Å². The highest BCUT2D eigenvalue weighted by Gasteiger charge is 2.14. The number of carbonyl (C=O) groups is 1. The Morgan fingerprint density at radius 2 is 1.86 bits per heavy atom. The lowest BCUT2D eigenvalue weighted by Crippen LogP contribution is -2.15. The summed E-state index contributed by atoms with van der Waals surface area (Å²) in [6, 6.07) is 14.7. The van der Waals surface area contributed by atoms with Gasteiger partial charge in [0.05, 0.1) is 10.7 Å². The first-order chi connectivity index (χ1) is 10.1. The maximum Gasteiger partial charge on any atom is 0.272 e. The van der Waals surface area contributed by atoms with Crippen LogP contribution in [0.2, 0.25) is 10.0 Å². The lowest BCUT2D eigenvalue weighted by Gasteiger charge is -2.08. The van der Waals surface area contributed by atoms with Gasteiger partial charge >= 0.3 is 0 Å². The number of carbonyl (C=O) groups excluding carboxylic acids is 1. The average molecular weight is 319 g/mol. The normalized spacial score (nSPS) is 10.8. The molecule has 0 bridgehead atoms. The van der Waals surface area contributed by atoms with E-state index in [2.05, 4.69) is 5.32 Å². The minimum Gasteiger partial charge on any atom is -0.340 e. The molecule has 0 radical (unpaired) electrons. The Morgan fingerprint density at radius 3 is 2.57 bits per heavy atom. The molecule has 106 valence electrons. The number of aromatic nitrogens is 1. The third-order valence-electron chi connectivity index (χ3n) is 3.36. The van der Waals surface area contributed by atoms with E-state index < -0.39 is 0 Å². The van der Waals surface area contributed by atoms with E-state index >= 15 is 0 Å². The van der Waals surface area contributed by atoms with Crippen molar-refractivity contribution in [2.24, 2.45) is 7.05 Å². The fourth-order valence-electron chi connectivity index (χ4n) is 2.28. The molecule has 0 spiro atoms. The molecule has 1 heterocycles. The van der Waals surface area contributed by atoms with Crippen LogP contribution in [0, 0.1) is 0 Å². The first kappa shape index (κ1) is 14.0. The van der Waals surface area contributed by atoms with E-state index in [9.17, 15) is 4.79 Å². The van der Waals surface area contributed by atoms with E-state index in [1.54, 1.807) is 18.2 Å². The number of hydrogen-bond donors (Lipinski definition) is 1. The Bertz CT molecular complexity index is 839. The van der Waals surface area contributed by atoms with Crippen molar-refractivity contribution in [3.63, 3.8) is 0 Å². The summed E-state index contributed by atoms with van der Waals surface area (Å²) in [6.45, 7) is 0. The molecule has 21 heavy (non-hydrogen) atoms. The fraction of sp³-hybridized carbons (Fsp3) is 0.0625. The van der Waals surface area contributed by atoms with Gasteiger partial charge in [-0.25, -0.2) is 0 Å². The number of anilines is 1. The Kier molecular flexibility index (Phi) is 3.62. The third-order valence-corrected chi connectivity index (χ3v) is 3.91. The average Bonchev–Trinajstić information content (AvgIpc) is 2.80. The van der Waals surface area contributed by atoms with Crippen molar-refractivity contribution in [3.05, 3.63) is 64.3 Å². The summed E-state index contributed by atoms with van der Waals surface area (Å²) in [7, 11) is 1.86. The van der Waals surface area contributed by atoms with Crippen LogP contribution in [0.15, 0.2) is 48.5 Å². The van der Waals surface area contributed by atoms with Gasteiger partial charge in [0, 0.05) is 23.0 Å². The summed E-state index contributed by atoms with van der Waals surface area (Å²) in [5, 5.41) is 4.77. The highest BCUT2D eigenvalue weighted by molar-refractivity contribution is 6.36. The quantitative estimate of drug-likeness (QED) is 0.727. The first-order valence-corrected chi connectivity index (χ1v) is 7.13. The fourth-order valence-corrected chi connectivity index (χ4v) is 2.74. The molecule has 0 unspecified atom stereocenters. The lowest BCUT2D eigenvalue weighted by molar-refractivity contribution is 0.102. The number of para-hydroxylation sites is 1. The molecule has 0 aliphatic carbocycles. The van der Waals surface area contributed by atoms with Crippen molar-refractivity contribution in [3.8, 4) is 0 Å². The molecule has 3 aromatic rings. The second-order valence-electron chi connectivity index (χ2n) is 4.73. The van der Waals surface area contributed by atoms with E-state index in [-0.39, 0.29) is 5.91 Å². The number of fused-ring (bicyclic) bond motifs is 1. The summed E-state index contributed by atoms with van der Waals surface area (Å²) < 4.78 is 1.86. The number of nitrogens with zero attached hydrogens (tertiary/aromatic N) is 1. The van der Waals surface area contributed by atoms with Crippen LogP contribution in [-0.2, 0) is 7.05 Å². The van der Waals surface area contributed by atoms with Crippen molar-refractivity contribution in [1.82, 2.24) is 4.57 Å². The number of rotatable bonds is 2. The van der Waals surface area contributed by atoms with Crippen molar-refractivity contribution in [1.29, 1.82) is 0 Å². The second kappa shape index (κ2) is 5.43. The molecule has 1 N–H and O–H groups in total. The monoisotopic (exact) mass is 318 g/mol. The van der Waals surface area contributed by atoms with Gasteiger partial charge in [0.15, 0.2) is 0 Å². The summed E-state index contributed by atoms with van der Waals surface area (Å²) in [6.07, 6.45) is 0. The van der Waals surface area contributed by atoms with Gasteiger partial charge in [0.2, 0.25) is 0 Å². The Morgan fingerprint density at radius 1 is 1.10 bits per heavy atom. The van der Waals surface area contributed by atoms with Crippen LogP contribution in [0.25, 0.3) is 10.9 Å². The van der Waals surface area contributed by atoms with Crippen LogP contribution in [0.4, 0.5) is 5.69 Å². The highest BCUT2D eigenvalue weighted by atomic mass is 35.5. The molecule has 0 aliphatic heterocycles. The van der Waals surface area contributed by atoms with E-state index in [0.717, 1.165) is 10.9 Å². The number of hydrogen-bond acceptors (Lipinski definition) is 1. The highest BCUT2D eigenvalue weighted by Crippen LogP contribution is 2.26. The molecule has 3 nitrogen and oxygen atoms in total. The zero-order valence-electron chi connectivity index (χ0n) is 11.2. The van der Waals surface area contributed by atoms with Crippen LogP contribution in [0.1, 0.15) is 10.5 Å². The van der Waals surface area contributed by atoms with E-state index in [4.69, 9.17) is 23.2 Å². The molecule has 0 saturated heterocycles. The standard InChI is InChI=1S/C16H12Cl2N2O/c1-20-14-5-3-2-4-10(14)8-15(20)16(21)19-13-7-6-11(17)9-12(13)18/h2-9H,1H3,(H,19,21). The van der Waals surface area contributed by atoms with Gasteiger partial charge in [-0.05, 0) is 30.3 Å². The molecule has 3 rings (SSSR count). The van der Waals surface area contributed by atoms with Crippen molar-refractivity contribution < 1.29 is 4.79 Å². The minimum absolute atomic E-state index is 0.210. The van der Waals surface area contributed by atoms with Crippen LogP contribution in [-0.4, -0.2) is 10.5 Å². The van der Waals surface area contributed by atoms with Crippen molar-refractivity contribution in [2.45, 2.75) is 0 Å². The Labute approximate surface area is 132 Å². The van der Waals surface area contributed by atoms with Gasteiger partial charge in [-0.2, -0.15) is 0 Å². The van der Waals surface area contributed by atoms with E-state index in [1.807, 2.05) is 41.9 Å². The zero-order valence-corrected chi connectivity index (χ0v) is 12.7. The Hall–Kier alpha value is -1.97. The molecule has 0 fully saturated rings. The van der Waals surface area contributed by atoms with Crippen LogP contribution in [0.5, 0.6) is 0 Å². The van der Waals surface area contributed by atoms with Gasteiger partial charge < -0.3 is 9.88 Å². The summed E-state index contributed by atoms with van der Waals surface area (Å²) in [5.74, 6) is -0.210. The van der Waals surface area contributed by atoms with Crippen LogP contribution >= 0.6 is 23.2 Å². The first-order valence-electron chi connectivity index (χ1n) is 6.37. The third kappa shape index (κ3) is 2.62. The van der Waals surface area contributed by atoms with Gasteiger partial charge in [-0.1, -0.05) is 41.4 Å². The molecule has 0 saturated carbocycles. The number of aryl methyl sites for hydroxylation is 1. The molecular formula is C16H12Cl2N2O. The summed E-state index contributed by atoms with van der Waals surface area (Å²) >= 11 is 11.9. The molecule has 1 amide bonds. The SMILES string of the molecule is Cn1c(C(=O)Nc2ccc(Cl)cc2Cl)cc2ccccc21. The second-order valence-corrected chi connectivity index (χ2v) is 5.57. The minimum atomic E-state index is -0.210. The predicted octanol–water partition coefficient (Wildman–Crippen LogP) is 4.74. The summed E-state index contributed by atoms with van der Waals surface area (Å²) in [4.78, 5) is 12.4. The van der Waals surface area contributed by atoms with Gasteiger partial charge in [0.25, 0.3) is 5.91 Å². The molecule has 0 atom stereocenters. The topological polar surface area (TPSA) is 34.0 Å². The zero-order chi connectivity index (χ0) is 15.0. The van der Waals surface area contributed by atoms with Gasteiger partial charge in [-0.3, -0.25) is 4.79 Å². The van der Waals surface area contributed by atoms with Crippen LogP contribution < -0.4 is 5.32 Å². The van der Waals surface area contributed by atoms with Gasteiger partial charge in [0.1, 0.15) is 5.69 Å². The maximum atomic E-state index is 12.4. The number of nitrogens with one attached hydrogen (secondary N) is 1. The Balaban J connectivity index is 1.95. The number of halogens is 2. The molecule has 2 aromatic carbocycles. The van der Waals surface area contributed by atoms with Crippen molar-refractivity contribution in [2.75, 3.05) is 5.32 Å². The van der Waals surface area contributed by atoms with Crippen molar-refractivity contribution >= 4 is 45.7 Å². The molecule has 1 aromatic heterocycles. The van der Waals surface area contributed by atoms with E-state index in [1.165, 1.54) is 0 Å². The van der Waals surface area contributed by atoms with Crippen LogP contribution in [0.3, 0.4) is 0 Å². The predicted molar refractivity (Wildman–Crippen MR) is 87.3 cm³/mol. The number of benzene rings is 2. The van der Waals surface area contributed by atoms with Gasteiger partial charge in [-0.15, -0.1) is 0 Å². The summed E-state index contributed by atoms with van der Waals surface area (Å²) in [5.41, 5.74) is 2.11. The molecule has 0 aliphatic rings. The largest absolute Gasteiger partial charge is 0.340 e. The smallest absolute Gasteiger partial charge is 0.272 e. The maximum absolute atomic E-state index is 12.4. The number of amides is 1. The lowest BCUT2D eigenvalue weighted by atomic mass is 10.2.